The molecule has 0 fully saturated rings. The number of nitrogens with zero attached hydrogens (tertiary/aromatic N) is 3. The fourth-order valence-electron chi connectivity index (χ4n) is 3.11. The maximum absolute atomic E-state index is 8.89. The van der Waals surface area contributed by atoms with Gasteiger partial charge in [0.15, 0.2) is 0 Å². The normalized spacial score (nSPS) is 12.0. The van der Waals surface area contributed by atoms with Crippen LogP contribution in [-0.4, -0.2) is 35.7 Å². The molecule has 1 aromatic heterocycles. The van der Waals surface area contributed by atoms with E-state index in [1.54, 1.807) is 12.1 Å². The average molecular weight is 386 g/mol. The first-order chi connectivity index (χ1) is 13.9. The van der Waals surface area contributed by atoms with Crippen molar-refractivity contribution >= 4 is 16.6 Å². The lowest BCUT2D eigenvalue weighted by molar-refractivity contribution is 0.306. The zero-order valence-electron chi connectivity index (χ0n) is 17.4. The van der Waals surface area contributed by atoms with Gasteiger partial charge in [-0.3, -0.25) is 4.98 Å². The minimum Gasteiger partial charge on any atom is -0.489 e. The van der Waals surface area contributed by atoms with Crippen LogP contribution < -0.4 is 4.74 Å². The largest absolute Gasteiger partial charge is 0.489 e. The molecule has 0 aliphatic heterocycles. The number of rotatable bonds is 7. The number of hydrogen-bond acceptors (Lipinski definition) is 5. The lowest BCUT2D eigenvalue weighted by Crippen LogP contribution is -2.27. The molecule has 0 aliphatic rings. The lowest BCUT2D eigenvalue weighted by Gasteiger charge is -2.20. The van der Waals surface area contributed by atoms with E-state index in [1.807, 2.05) is 57.4 Å². The van der Waals surface area contributed by atoms with E-state index in [4.69, 9.17) is 15.4 Å². The third-order valence-electron chi connectivity index (χ3n) is 5.10. The summed E-state index contributed by atoms with van der Waals surface area (Å²) >= 11 is 0. The first-order valence-corrected chi connectivity index (χ1v) is 9.65. The summed E-state index contributed by atoms with van der Waals surface area (Å²) in [6.07, 6.45) is 0.683. The van der Waals surface area contributed by atoms with Gasteiger partial charge in [0.05, 0.1) is 17.1 Å². The van der Waals surface area contributed by atoms with Crippen molar-refractivity contribution in [3.05, 3.63) is 70.9 Å². The van der Waals surface area contributed by atoms with Crippen molar-refractivity contribution in [2.45, 2.75) is 32.9 Å². The lowest BCUT2D eigenvalue weighted by atomic mass is 9.98. The van der Waals surface area contributed by atoms with Crippen LogP contribution in [0.25, 0.3) is 10.9 Å². The second-order valence-electron chi connectivity index (χ2n) is 7.58. The van der Waals surface area contributed by atoms with Crippen molar-refractivity contribution in [1.82, 2.24) is 9.88 Å². The molecule has 0 radical (unpaired) electrons. The zero-order valence-corrected chi connectivity index (χ0v) is 17.4. The molecular formula is C24H26N4O. The molecule has 0 unspecified atom stereocenters. The van der Waals surface area contributed by atoms with Gasteiger partial charge in [0.1, 0.15) is 12.4 Å². The molecule has 148 valence electrons. The first kappa shape index (κ1) is 20.5. The number of nitriles is 1. The molecular weight excluding hydrogens is 360 g/mol. The SMILES string of the molecule is Cc1cc(C(=N)C[C@H](C)N(C)C)c2ccc(OCc3ccc(C#N)cc3)cc2n1. The van der Waals surface area contributed by atoms with Crippen LogP contribution in [0.1, 0.15) is 35.7 Å². The van der Waals surface area contributed by atoms with E-state index in [-0.39, 0.29) is 0 Å². The summed E-state index contributed by atoms with van der Waals surface area (Å²) in [5.74, 6) is 0.735. The van der Waals surface area contributed by atoms with E-state index < -0.39 is 0 Å². The van der Waals surface area contributed by atoms with Gasteiger partial charge < -0.3 is 15.0 Å². The maximum Gasteiger partial charge on any atom is 0.122 e. The minimum absolute atomic E-state index is 0.293. The molecule has 0 saturated heterocycles. The predicted molar refractivity (Wildman–Crippen MR) is 117 cm³/mol. The van der Waals surface area contributed by atoms with Crippen molar-refractivity contribution in [2.24, 2.45) is 0 Å². The molecule has 29 heavy (non-hydrogen) atoms. The number of aromatic nitrogens is 1. The zero-order chi connectivity index (χ0) is 21.0. The van der Waals surface area contributed by atoms with Crippen LogP contribution in [-0.2, 0) is 6.61 Å². The Balaban J connectivity index is 1.82. The van der Waals surface area contributed by atoms with E-state index >= 15 is 0 Å². The monoisotopic (exact) mass is 386 g/mol. The highest BCUT2D eigenvalue weighted by atomic mass is 16.5. The van der Waals surface area contributed by atoms with Crippen LogP contribution in [0, 0.1) is 23.7 Å². The van der Waals surface area contributed by atoms with Crippen molar-refractivity contribution in [3.63, 3.8) is 0 Å². The molecule has 0 bridgehead atoms. The number of nitrogens with one attached hydrogen (secondary N) is 1. The van der Waals surface area contributed by atoms with E-state index in [0.717, 1.165) is 33.5 Å². The molecule has 1 N–H and O–H groups in total. The van der Waals surface area contributed by atoms with Crippen molar-refractivity contribution in [1.29, 1.82) is 10.7 Å². The van der Waals surface area contributed by atoms with Crippen molar-refractivity contribution < 1.29 is 4.74 Å². The Kier molecular flexibility index (Phi) is 6.26. The van der Waals surface area contributed by atoms with Crippen LogP contribution in [0.2, 0.25) is 0 Å². The van der Waals surface area contributed by atoms with E-state index in [0.29, 0.717) is 30.3 Å². The summed E-state index contributed by atoms with van der Waals surface area (Å²) < 4.78 is 5.93. The smallest absolute Gasteiger partial charge is 0.122 e. The van der Waals surface area contributed by atoms with Gasteiger partial charge in [-0.25, -0.2) is 0 Å². The highest BCUT2D eigenvalue weighted by molar-refractivity contribution is 6.09. The van der Waals surface area contributed by atoms with Gasteiger partial charge in [-0.05, 0) is 63.8 Å². The summed E-state index contributed by atoms with van der Waals surface area (Å²) in [6, 6.07) is 17.6. The second kappa shape index (κ2) is 8.85. The average Bonchev–Trinajstić information content (AvgIpc) is 2.71. The van der Waals surface area contributed by atoms with Gasteiger partial charge in [-0.2, -0.15) is 5.26 Å². The molecule has 0 saturated carbocycles. The molecule has 3 aromatic rings. The van der Waals surface area contributed by atoms with E-state index in [1.165, 1.54) is 0 Å². The standard InChI is InChI=1S/C24H26N4O/c1-16-11-22(23(26)12-17(2)28(3)4)21-10-9-20(13-24(21)27-16)29-15-19-7-5-18(14-25)6-8-19/h5-11,13,17,26H,12,15H2,1-4H3/t17-/m0/s1. The van der Waals surface area contributed by atoms with E-state index in [9.17, 15) is 0 Å². The Morgan fingerprint density at radius 1 is 1.17 bits per heavy atom. The Bertz CT molecular complexity index is 1060. The molecule has 0 aliphatic carbocycles. The highest BCUT2D eigenvalue weighted by Crippen LogP contribution is 2.25. The third kappa shape index (κ3) is 4.98. The van der Waals surface area contributed by atoms with Crippen molar-refractivity contribution in [3.8, 4) is 11.8 Å². The number of ether oxygens (including phenoxy) is 1. The van der Waals surface area contributed by atoms with Gasteiger partial charge in [-0.15, -0.1) is 0 Å². The molecule has 1 atom stereocenters. The number of hydrogen-bond donors (Lipinski definition) is 1. The van der Waals surface area contributed by atoms with Crippen LogP contribution in [0.15, 0.2) is 48.5 Å². The summed E-state index contributed by atoms with van der Waals surface area (Å²) in [6.45, 7) is 4.50. The summed E-state index contributed by atoms with van der Waals surface area (Å²) in [5.41, 5.74) is 4.91. The third-order valence-corrected chi connectivity index (χ3v) is 5.10. The van der Waals surface area contributed by atoms with Gasteiger partial charge in [-0.1, -0.05) is 12.1 Å². The highest BCUT2D eigenvalue weighted by Gasteiger charge is 2.14. The molecule has 0 spiro atoms. The molecule has 2 aromatic carbocycles. The molecule has 0 amide bonds. The van der Waals surface area contributed by atoms with Gasteiger partial charge in [0, 0.05) is 40.9 Å². The number of benzene rings is 2. The van der Waals surface area contributed by atoms with Crippen LogP contribution in [0.5, 0.6) is 5.75 Å². The van der Waals surface area contributed by atoms with Gasteiger partial charge >= 0.3 is 0 Å². The maximum atomic E-state index is 8.89. The molecule has 1 heterocycles. The van der Waals surface area contributed by atoms with Gasteiger partial charge in [0.25, 0.3) is 0 Å². The first-order valence-electron chi connectivity index (χ1n) is 9.65. The summed E-state index contributed by atoms with van der Waals surface area (Å²) in [7, 11) is 4.07. The number of fused-ring (bicyclic) bond motifs is 1. The Labute approximate surface area is 172 Å². The fraction of sp³-hybridized carbons (Fsp3) is 0.292. The Hall–Kier alpha value is -3.23. The second-order valence-corrected chi connectivity index (χ2v) is 7.58. The predicted octanol–water partition coefficient (Wildman–Crippen LogP) is 4.70. The topological polar surface area (TPSA) is 73.0 Å². The van der Waals surface area contributed by atoms with Crippen molar-refractivity contribution in [2.75, 3.05) is 14.1 Å². The number of aryl methyl sites for hydroxylation is 1. The van der Waals surface area contributed by atoms with Crippen LogP contribution in [0.3, 0.4) is 0 Å². The summed E-state index contributed by atoms with van der Waals surface area (Å²) in [5, 5.41) is 18.5. The molecule has 3 rings (SSSR count). The van der Waals surface area contributed by atoms with Gasteiger partial charge in [0.2, 0.25) is 0 Å². The molecule has 5 heteroatoms. The minimum atomic E-state index is 0.293. The molecule has 5 nitrogen and oxygen atoms in total. The van der Waals surface area contributed by atoms with E-state index in [2.05, 4.69) is 22.9 Å². The fourth-order valence-corrected chi connectivity index (χ4v) is 3.11. The Morgan fingerprint density at radius 3 is 2.55 bits per heavy atom. The van der Waals surface area contributed by atoms with Crippen LogP contribution >= 0.6 is 0 Å². The Morgan fingerprint density at radius 2 is 1.90 bits per heavy atom. The number of pyridine rings is 1. The summed E-state index contributed by atoms with van der Waals surface area (Å²) in [4.78, 5) is 6.77. The quantitative estimate of drug-likeness (QED) is 0.597. The van der Waals surface area contributed by atoms with Crippen LogP contribution in [0.4, 0.5) is 0 Å².